The van der Waals surface area contributed by atoms with Crippen LogP contribution in [-0.2, 0) is 28.8 Å². The highest BCUT2D eigenvalue weighted by atomic mass is 32.2. The maximum absolute atomic E-state index is 12.8. The van der Waals surface area contributed by atoms with Crippen molar-refractivity contribution < 1.29 is 33.9 Å². The molecule has 0 aliphatic carbocycles. The molecule has 0 spiro atoms. The van der Waals surface area contributed by atoms with Crippen molar-refractivity contribution in [1.29, 1.82) is 0 Å². The number of carboxylic acid groups (broad SMARTS) is 1. The Morgan fingerprint density at radius 1 is 0.875 bits per heavy atom. The van der Waals surface area contributed by atoms with Crippen LogP contribution in [0.3, 0.4) is 0 Å². The molecular formula is C17H30N6O7S2. The van der Waals surface area contributed by atoms with Crippen molar-refractivity contribution in [2.24, 2.45) is 17.2 Å². The Bertz CT molecular complexity index is 709. The molecule has 0 bridgehead atoms. The molecule has 0 rings (SSSR count). The first-order valence-electron chi connectivity index (χ1n) is 9.48. The number of hydrogen-bond donors (Lipinski definition) is 8. The van der Waals surface area contributed by atoms with Crippen LogP contribution in [-0.4, -0.2) is 82.5 Å². The third-order valence-electron chi connectivity index (χ3n) is 4.11. The van der Waals surface area contributed by atoms with Gasteiger partial charge in [0.15, 0.2) is 0 Å². The number of primary amides is 2. The number of carboxylic acids is 1. The highest BCUT2D eigenvalue weighted by Gasteiger charge is 2.30. The Labute approximate surface area is 194 Å². The summed E-state index contributed by atoms with van der Waals surface area (Å²) in [5, 5.41) is 16.2. The number of rotatable bonds is 16. The molecule has 4 unspecified atom stereocenters. The molecule has 0 aliphatic heterocycles. The number of aliphatic carboxylic acids is 1. The van der Waals surface area contributed by atoms with Gasteiger partial charge in [-0.15, -0.1) is 0 Å². The van der Waals surface area contributed by atoms with E-state index in [4.69, 9.17) is 17.2 Å². The topological polar surface area (TPSA) is 237 Å². The Morgan fingerprint density at radius 2 is 1.38 bits per heavy atom. The van der Waals surface area contributed by atoms with Crippen LogP contribution in [0.4, 0.5) is 0 Å². The van der Waals surface area contributed by atoms with Crippen molar-refractivity contribution in [2.75, 3.05) is 17.8 Å². The van der Waals surface area contributed by atoms with Gasteiger partial charge in [-0.25, -0.2) is 4.79 Å². The lowest BCUT2D eigenvalue weighted by Gasteiger charge is -2.24. The lowest BCUT2D eigenvalue weighted by molar-refractivity contribution is -0.143. The first-order valence-corrected chi connectivity index (χ1v) is 11.5. The molecule has 5 amide bonds. The third-order valence-corrected chi connectivity index (χ3v) is 5.15. The zero-order chi connectivity index (χ0) is 24.8. The van der Waals surface area contributed by atoms with Crippen LogP contribution < -0.4 is 33.2 Å². The molecule has 0 saturated carbocycles. The number of hydrogen-bond acceptors (Lipinski definition) is 9. The summed E-state index contributed by atoms with van der Waals surface area (Å²) < 4.78 is 0. The number of nitrogens with two attached hydrogens (primary N) is 3. The molecule has 0 fully saturated rings. The van der Waals surface area contributed by atoms with E-state index in [1.54, 1.807) is 6.26 Å². The maximum atomic E-state index is 12.8. The van der Waals surface area contributed by atoms with Crippen molar-refractivity contribution in [2.45, 2.75) is 49.9 Å². The summed E-state index contributed by atoms with van der Waals surface area (Å²) >= 11 is 5.28. The quantitative estimate of drug-likeness (QED) is 0.1000. The number of thioether (sulfide) groups is 1. The number of nitrogens with one attached hydrogen (secondary N) is 3. The number of carbonyl (C=O) groups excluding carboxylic acids is 5. The van der Waals surface area contributed by atoms with Gasteiger partial charge >= 0.3 is 5.97 Å². The van der Waals surface area contributed by atoms with Gasteiger partial charge in [0, 0.05) is 12.2 Å². The fourth-order valence-electron chi connectivity index (χ4n) is 2.37. The van der Waals surface area contributed by atoms with E-state index in [0.29, 0.717) is 5.75 Å². The zero-order valence-electron chi connectivity index (χ0n) is 17.5. The second-order valence-corrected chi connectivity index (χ2v) is 8.12. The minimum Gasteiger partial charge on any atom is -0.480 e. The van der Waals surface area contributed by atoms with E-state index in [1.165, 1.54) is 11.8 Å². The predicted octanol–water partition coefficient (Wildman–Crippen LogP) is -3.32. The van der Waals surface area contributed by atoms with Gasteiger partial charge in [0.2, 0.25) is 29.5 Å². The summed E-state index contributed by atoms with van der Waals surface area (Å²) in [6.07, 6.45) is 0.870. The van der Waals surface area contributed by atoms with Gasteiger partial charge in [-0.3, -0.25) is 24.0 Å². The van der Waals surface area contributed by atoms with Crippen LogP contribution in [0.15, 0.2) is 0 Å². The van der Waals surface area contributed by atoms with Crippen LogP contribution >= 0.6 is 24.4 Å². The monoisotopic (exact) mass is 494 g/mol. The van der Waals surface area contributed by atoms with Gasteiger partial charge in [0.05, 0.1) is 12.5 Å². The van der Waals surface area contributed by atoms with E-state index >= 15 is 0 Å². The fraction of sp³-hybridized carbons (Fsp3) is 0.647. The smallest absolute Gasteiger partial charge is 0.326 e. The fourth-order valence-corrected chi connectivity index (χ4v) is 3.00. The van der Waals surface area contributed by atoms with Gasteiger partial charge in [-0.2, -0.15) is 24.4 Å². The normalized spacial score (nSPS) is 14.3. The molecule has 4 atom stereocenters. The molecular weight excluding hydrogens is 464 g/mol. The molecule has 0 aliphatic rings. The SMILES string of the molecule is CSCCC(NC(=O)C(CCC(N)=O)NC(=O)C(N)CS)C(=O)NC(CC(N)=O)C(=O)O. The summed E-state index contributed by atoms with van der Waals surface area (Å²) in [4.78, 5) is 70.9. The summed E-state index contributed by atoms with van der Waals surface area (Å²) in [7, 11) is 0. The van der Waals surface area contributed by atoms with Gasteiger partial charge in [-0.05, 0) is 24.9 Å². The van der Waals surface area contributed by atoms with Crippen molar-refractivity contribution in [3.05, 3.63) is 0 Å². The van der Waals surface area contributed by atoms with Crippen molar-refractivity contribution in [3.63, 3.8) is 0 Å². The van der Waals surface area contributed by atoms with Crippen LogP contribution in [0.1, 0.15) is 25.7 Å². The lowest BCUT2D eigenvalue weighted by atomic mass is 10.1. The lowest BCUT2D eigenvalue weighted by Crippen LogP contribution is -2.57. The third kappa shape index (κ3) is 11.8. The van der Waals surface area contributed by atoms with Gasteiger partial charge in [-0.1, -0.05) is 0 Å². The van der Waals surface area contributed by atoms with E-state index in [-0.39, 0.29) is 25.0 Å². The molecule has 0 aromatic rings. The number of thiol groups is 1. The van der Waals surface area contributed by atoms with Gasteiger partial charge in [0.25, 0.3) is 0 Å². The predicted molar refractivity (Wildman–Crippen MR) is 120 cm³/mol. The molecule has 0 saturated heterocycles. The molecule has 13 nitrogen and oxygen atoms in total. The molecule has 32 heavy (non-hydrogen) atoms. The van der Waals surface area contributed by atoms with Gasteiger partial charge < -0.3 is 38.3 Å². The van der Waals surface area contributed by atoms with Crippen molar-refractivity contribution >= 4 is 59.9 Å². The summed E-state index contributed by atoms with van der Waals surface area (Å²) in [6, 6.07) is -5.00. The highest BCUT2D eigenvalue weighted by Crippen LogP contribution is 2.06. The van der Waals surface area contributed by atoms with Gasteiger partial charge in [0.1, 0.15) is 18.1 Å². The molecule has 10 N–H and O–H groups in total. The standard InChI is InChI=1S/C17H30N6O7S2/c1-32-5-4-10(16(28)23-11(17(29)30)6-13(20)25)22-15(27)9(2-3-12(19)24)21-14(26)8(18)7-31/h8-11,31H,2-7,18H2,1H3,(H2,19,24)(H2,20,25)(H,21,26)(H,22,27)(H,23,28)(H,29,30). The molecule has 0 aromatic heterocycles. The zero-order valence-corrected chi connectivity index (χ0v) is 19.2. The number of carbonyl (C=O) groups is 6. The van der Waals surface area contributed by atoms with Crippen molar-refractivity contribution in [1.82, 2.24) is 16.0 Å². The van der Waals surface area contributed by atoms with E-state index in [1.807, 2.05) is 0 Å². The second kappa shape index (κ2) is 15.3. The van der Waals surface area contributed by atoms with Crippen LogP contribution in [0.5, 0.6) is 0 Å². The summed E-state index contributed by atoms with van der Waals surface area (Å²) in [6.45, 7) is 0. The Morgan fingerprint density at radius 3 is 1.81 bits per heavy atom. The van der Waals surface area contributed by atoms with E-state index in [2.05, 4.69) is 28.6 Å². The first-order chi connectivity index (χ1) is 14.9. The molecule has 0 radical (unpaired) electrons. The van der Waals surface area contributed by atoms with Crippen LogP contribution in [0.2, 0.25) is 0 Å². The van der Waals surface area contributed by atoms with E-state index in [0.717, 1.165) is 0 Å². The Balaban J connectivity index is 5.48. The van der Waals surface area contributed by atoms with Crippen LogP contribution in [0.25, 0.3) is 0 Å². The van der Waals surface area contributed by atoms with E-state index in [9.17, 15) is 33.9 Å². The minimum atomic E-state index is -1.58. The summed E-state index contributed by atoms with van der Waals surface area (Å²) in [5.74, 6) is -5.02. The minimum absolute atomic E-state index is 0.00514. The van der Waals surface area contributed by atoms with Crippen molar-refractivity contribution in [3.8, 4) is 0 Å². The molecule has 0 heterocycles. The van der Waals surface area contributed by atoms with Crippen LogP contribution in [0, 0.1) is 0 Å². The average molecular weight is 495 g/mol. The molecule has 0 aromatic carbocycles. The molecule has 15 heteroatoms. The van der Waals surface area contributed by atoms with E-state index < -0.39 is 66.1 Å². The first kappa shape index (κ1) is 29.5. The Hall–Kier alpha value is -2.52. The molecule has 182 valence electrons. The average Bonchev–Trinajstić information content (AvgIpc) is 2.71. The highest BCUT2D eigenvalue weighted by molar-refractivity contribution is 7.98. The number of amides is 5. The second-order valence-electron chi connectivity index (χ2n) is 6.77. The largest absolute Gasteiger partial charge is 0.480 e. The maximum Gasteiger partial charge on any atom is 0.326 e. The Kier molecular flexibility index (Phi) is 14.1. The summed E-state index contributed by atoms with van der Waals surface area (Å²) in [5.41, 5.74) is 15.7.